The van der Waals surface area contributed by atoms with E-state index in [4.69, 9.17) is 0 Å². The molecule has 0 saturated carbocycles. The lowest BCUT2D eigenvalue weighted by Crippen LogP contribution is -2.29. The highest BCUT2D eigenvalue weighted by molar-refractivity contribution is 6.34. The van der Waals surface area contributed by atoms with Crippen LogP contribution in [0.4, 0.5) is 10.1 Å². The molecule has 10 heteroatoms. The Labute approximate surface area is 208 Å². The van der Waals surface area contributed by atoms with Gasteiger partial charge in [0.25, 0.3) is 17.7 Å². The number of fused-ring (bicyclic) bond motifs is 1. The number of aromatic amines is 1. The van der Waals surface area contributed by atoms with Crippen molar-refractivity contribution >= 4 is 41.0 Å². The maximum atomic E-state index is 13.7. The number of aryl methyl sites for hydroxylation is 1. The van der Waals surface area contributed by atoms with E-state index in [1.165, 1.54) is 18.2 Å². The topological polar surface area (TPSA) is 129 Å². The smallest absolute Gasteiger partial charge is 0.334 e. The summed E-state index contributed by atoms with van der Waals surface area (Å²) < 4.78 is 13.7. The number of aromatic nitrogens is 1. The second-order valence-electron chi connectivity index (χ2n) is 9.03. The van der Waals surface area contributed by atoms with E-state index in [0.29, 0.717) is 65.1 Å². The van der Waals surface area contributed by atoms with Crippen molar-refractivity contribution in [2.75, 3.05) is 11.9 Å². The Morgan fingerprint density at radius 1 is 1.14 bits per heavy atom. The fraction of sp³-hybridized carbons (Fsp3) is 0.385. The molecule has 3 amide bonds. The number of halogens is 1. The first kappa shape index (κ1) is 26.7. The summed E-state index contributed by atoms with van der Waals surface area (Å²) in [5.41, 5.74) is 5.91. The van der Waals surface area contributed by atoms with Gasteiger partial charge in [-0.2, -0.15) is 5.48 Å². The Hall–Kier alpha value is -3.95. The van der Waals surface area contributed by atoms with Gasteiger partial charge in [0.05, 0.1) is 17.1 Å². The van der Waals surface area contributed by atoms with Gasteiger partial charge in [-0.3, -0.25) is 14.4 Å². The quantitative estimate of drug-likeness (QED) is 0.238. The lowest BCUT2D eigenvalue weighted by molar-refractivity contribution is -0.161. The van der Waals surface area contributed by atoms with Gasteiger partial charge in [0, 0.05) is 35.6 Å². The normalized spacial score (nSPS) is 13.5. The van der Waals surface area contributed by atoms with Gasteiger partial charge in [0.1, 0.15) is 5.82 Å². The number of anilines is 1. The molecule has 1 aliphatic heterocycles. The Kier molecular flexibility index (Phi) is 8.63. The third kappa shape index (κ3) is 6.38. The number of hydrogen-bond donors (Lipinski definition) is 4. The number of carbonyl (C=O) groups excluding carboxylic acids is 4. The summed E-state index contributed by atoms with van der Waals surface area (Å²) >= 11 is 0. The van der Waals surface area contributed by atoms with E-state index in [-0.39, 0.29) is 30.1 Å². The summed E-state index contributed by atoms with van der Waals surface area (Å²) in [6.07, 6.45) is 3.81. The van der Waals surface area contributed by atoms with Crippen molar-refractivity contribution in [1.29, 1.82) is 0 Å². The predicted molar refractivity (Wildman–Crippen MR) is 133 cm³/mol. The average Bonchev–Trinajstić information content (AvgIpc) is 3.28. The first-order valence-electron chi connectivity index (χ1n) is 11.9. The SMILES string of the molecule is Cc1[nH]c(C=C2C(=O)Nc3ccc(F)cc32)c(C)c1C(=O)NCCCCCC(=O)NOC(=O)C(C)C. The van der Waals surface area contributed by atoms with Crippen molar-refractivity contribution in [3.63, 3.8) is 0 Å². The van der Waals surface area contributed by atoms with Crippen molar-refractivity contribution in [3.05, 3.63) is 52.1 Å². The second-order valence-corrected chi connectivity index (χ2v) is 9.03. The van der Waals surface area contributed by atoms with Crippen LogP contribution in [0.15, 0.2) is 18.2 Å². The molecule has 4 N–H and O–H groups in total. The summed E-state index contributed by atoms with van der Waals surface area (Å²) in [4.78, 5) is 56.1. The molecule has 36 heavy (non-hydrogen) atoms. The number of H-pyrrole nitrogens is 1. The van der Waals surface area contributed by atoms with Gasteiger partial charge in [-0.05, 0) is 56.5 Å². The highest BCUT2D eigenvalue weighted by atomic mass is 19.1. The van der Waals surface area contributed by atoms with Gasteiger partial charge in [-0.25, -0.2) is 9.18 Å². The van der Waals surface area contributed by atoms with Crippen LogP contribution in [-0.4, -0.2) is 35.2 Å². The number of hydroxylamine groups is 1. The van der Waals surface area contributed by atoms with Crippen LogP contribution in [0, 0.1) is 25.6 Å². The van der Waals surface area contributed by atoms with E-state index >= 15 is 0 Å². The molecule has 1 aromatic carbocycles. The first-order valence-corrected chi connectivity index (χ1v) is 11.9. The molecule has 3 rings (SSSR count). The molecule has 2 heterocycles. The van der Waals surface area contributed by atoms with Gasteiger partial charge in [0.2, 0.25) is 0 Å². The van der Waals surface area contributed by atoms with Crippen LogP contribution >= 0.6 is 0 Å². The molecule has 1 aromatic heterocycles. The van der Waals surface area contributed by atoms with Gasteiger partial charge in [-0.1, -0.05) is 20.3 Å². The molecule has 0 spiro atoms. The Balaban J connectivity index is 1.51. The molecule has 2 aromatic rings. The van der Waals surface area contributed by atoms with Crippen LogP contribution in [-0.2, 0) is 19.2 Å². The number of benzene rings is 1. The van der Waals surface area contributed by atoms with E-state index in [2.05, 4.69) is 25.9 Å². The third-order valence-electron chi connectivity index (χ3n) is 5.86. The van der Waals surface area contributed by atoms with Crippen LogP contribution in [0.5, 0.6) is 0 Å². The molecule has 0 fully saturated rings. The summed E-state index contributed by atoms with van der Waals surface area (Å²) in [5, 5.41) is 5.59. The largest absolute Gasteiger partial charge is 0.358 e. The van der Waals surface area contributed by atoms with Crippen LogP contribution < -0.4 is 16.1 Å². The molecule has 0 saturated heterocycles. The zero-order chi connectivity index (χ0) is 26.4. The van der Waals surface area contributed by atoms with Crippen LogP contribution in [0.3, 0.4) is 0 Å². The van der Waals surface area contributed by atoms with E-state index in [1.807, 2.05) is 0 Å². The number of amides is 3. The van der Waals surface area contributed by atoms with Gasteiger partial charge in [0.15, 0.2) is 0 Å². The van der Waals surface area contributed by atoms with Crippen molar-refractivity contribution in [1.82, 2.24) is 15.8 Å². The van der Waals surface area contributed by atoms with Crippen molar-refractivity contribution in [2.45, 2.75) is 53.4 Å². The molecule has 0 aliphatic carbocycles. The zero-order valence-electron chi connectivity index (χ0n) is 20.8. The summed E-state index contributed by atoms with van der Waals surface area (Å²) in [7, 11) is 0. The minimum absolute atomic E-state index is 0.216. The molecule has 1 aliphatic rings. The summed E-state index contributed by atoms with van der Waals surface area (Å²) in [6, 6.07) is 4.11. The number of hydrogen-bond acceptors (Lipinski definition) is 5. The summed E-state index contributed by atoms with van der Waals surface area (Å²) in [6.45, 7) is 7.34. The highest BCUT2D eigenvalue weighted by Crippen LogP contribution is 2.34. The molecule has 0 unspecified atom stereocenters. The first-order chi connectivity index (χ1) is 17.1. The fourth-order valence-electron chi connectivity index (χ4n) is 3.86. The predicted octanol–water partition coefficient (Wildman–Crippen LogP) is 3.78. The van der Waals surface area contributed by atoms with Gasteiger partial charge in [-0.15, -0.1) is 0 Å². The lowest BCUT2D eigenvalue weighted by Gasteiger charge is -2.08. The zero-order valence-corrected chi connectivity index (χ0v) is 20.8. The number of nitrogens with one attached hydrogen (secondary N) is 4. The molecule has 192 valence electrons. The van der Waals surface area contributed by atoms with E-state index in [1.54, 1.807) is 33.8 Å². The van der Waals surface area contributed by atoms with Crippen molar-refractivity contribution < 1.29 is 28.4 Å². The van der Waals surface area contributed by atoms with Gasteiger partial charge >= 0.3 is 5.97 Å². The molecule has 0 radical (unpaired) electrons. The van der Waals surface area contributed by atoms with E-state index in [0.717, 1.165) is 0 Å². The number of unbranched alkanes of at least 4 members (excludes halogenated alkanes) is 2. The van der Waals surface area contributed by atoms with E-state index in [9.17, 15) is 23.6 Å². The Bertz CT molecular complexity index is 1220. The molecule has 0 atom stereocenters. The second kappa shape index (κ2) is 11.7. The number of carbonyl (C=O) groups is 4. The Morgan fingerprint density at radius 2 is 1.89 bits per heavy atom. The maximum absolute atomic E-state index is 13.7. The highest BCUT2D eigenvalue weighted by Gasteiger charge is 2.26. The molecular weight excluding hydrogens is 467 g/mol. The Morgan fingerprint density at radius 3 is 2.61 bits per heavy atom. The minimum atomic E-state index is -0.494. The molecule has 0 bridgehead atoms. The summed E-state index contributed by atoms with van der Waals surface area (Å²) in [5.74, 6) is -2.20. The average molecular weight is 499 g/mol. The fourth-order valence-corrected chi connectivity index (χ4v) is 3.86. The lowest BCUT2D eigenvalue weighted by atomic mass is 10.0. The molecular formula is C26H31FN4O5. The standard InChI is InChI=1S/C26H31FN4O5/c1-14(2)26(35)36-31-22(32)8-6-5-7-11-28-25(34)23-15(3)21(29-16(23)4)13-19-18-12-17(27)9-10-20(18)30-24(19)33/h9-10,12-14,29H,5-8,11H2,1-4H3,(H,28,34)(H,30,33)(H,31,32). The van der Waals surface area contributed by atoms with Crippen LogP contribution in [0.2, 0.25) is 0 Å². The minimum Gasteiger partial charge on any atom is -0.358 e. The molecule has 9 nitrogen and oxygen atoms in total. The third-order valence-corrected chi connectivity index (χ3v) is 5.86. The van der Waals surface area contributed by atoms with Gasteiger partial charge < -0.3 is 20.5 Å². The monoisotopic (exact) mass is 498 g/mol. The van der Waals surface area contributed by atoms with E-state index < -0.39 is 11.8 Å². The van der Waals surface area contributed by atoms with Crippen LogP contribution in [0.1, 0.15) is 72.4 Å². The van der Waals surface area contributed by atoms with Crippen molar-refractivity contribution in [2.24, 2.45) is 5.92 Å². The van der Waals surface area contributed by atoms with Crippen LogP contribution in [0.25, 0.3) is 11.6 Å². The van der Waals surface area contributed by atoms with Crippen molar-refractivity contribution in [3.8, 4) is 0 Å². The number of rotatable bonds is 9. The maximum Gasteiger partial charge on any atom is 0.334 e.